The standard InChI is InChI=1S/C10H13NO.CH4/c1-3-11-10(12)9-6-4-8(2)5-7-9;/h4-7H,3H2,1-2H3,(H,11,12);1H4. The van der Waals surface area contributed by atoms with E-state index >= 15 is 0 Å². The normalized spacial score (nSPS) is 8.77. The van der Waals surface area contributed by atoms with Gasteiger partial charge in [0.05, 0.1) is 0 Å². The van der Waals surface area contributed by atoms with Crippen molar-refractivity contribution >= 4 is 5.91 Å². The molecule has 0 aliphatic carbocycles. The number of aryl methyl sites for hydroxylation is 1. The third-order valence-electron chi connectivity index (χ3n) is 1.65. The predicted molar refractivity (Wildman–Crippen MR) is 55.9 cm³/mol. The lowest BCUT2D eigenvalue weighted by Crippen LogP contribution is -2.22. The van der Waals surface area contributed by atoms with Gasteiger partial charge >= 0.3 is 0 Å². The highest BCUT2D eigenvalue weighted by Gasteiger charge is 2.01. The molecule has 0 radical (unpaired) electrons. The molecule has 0 aliphatic heterocycles. The molecule has 0 unspecified atom stereocenters. The van der Waals surface area contributed by atoms with Crippen LogP contribution in [-0.2, 0) is 0 Å². The van der Waals surface area contributed by atoms with Crippen molar-refractivity contribution in [3.63, 3.8) is 0 Å². The molecule has 1 aromatic carbocycles. The molecule has 0 saturated carbocycles. The van der Waals surface area contributed by atoms with Crippen LogP contribution in [0, 0.1) is 6.92 Å². The molecule has 2 nitrogen and oxygen atoms in total. The van der Waals surface area contributed by atoms with Crippen molar-refractivity contribution in [3.05, 3.63) is 35.4 Å². The van der Waals surface area contributed by atoms with Crippen molar-refractivity contribution in [2.45, 2.75) is 21.3 Å². The number of rotatable bonds is 2. The van der Waals surface area contributed by atoms with Gasteiger partial charge in [-0.2, -0.15) is 0 Å². The number of carbonyl (C=O) groups is 1. The average molecular weight is 179 g/mol. The topological polar surface area (TPSA) is 29.1 Å². The van der Waals surface area contributed by atoms with Crippen molar-refractivity contribution in [1.82, 2.24) is 5.32 Å². The highest BCUT2D eigenvalue weighted by molar-refractivity contribution is 5.94. The molecule has 0 atom stereocenters. The molecule has 72 valence electrons. The van der Waals surface area contributed by atoms with Gasteiger partial charge in [0, 0.05) is 12.1 Å². The van der Waals surface area contributed by atoms with Crippen LogP contribution < -0.4 is 5.32 Å². The number of nitrogens with one attached hydrogen (secondary N) is 1. The molecule has 0 aliphatic rings. The molecule has 1 rings (SSSR count). The summed E-state index contributed by atoms with van der Waals surface area (Å²) in [5.41, 5.74) is 1.89. The van der Waals surface area contributed by atoms with Crippen LogP contribution in [0.3, 0.4) is 0 Å². The Kier molecular flexibility index (Phi) is 4.82. The highest BCUT2D eigenvalue weighted by atomic mass is 16.1. The summed E-state index contributed by atoms with van der Waals surface area (Å²) in [5.74, 6) is -0.00231. The fraction of sp³-hybridized carbons (Fsp3) is 0.364. The number of amides is 1. The summed E-state index contributed by atoms with van der Waals surface area (Å²) in [5, 5.41) is 2.74. The molecule has 0 saturated heterocycles. The first-order chi connectivity index (χ1) is 5.74. The maximum atomic E-state index is 11.2. The Morgan fingerprint density at radius 3 is 2.31 bits per heavy atom. The van der Waals surface area contributed by atoms with Gasteiger partial charge in [-0.1, -0.05) is 25.1 Å². The Morgan fingerprint density at radius 1 is 1.31 bits per heavy atom. The highest BCUT2D eigenvalue weighted by Crippen LogP contribution is 2.02. The molecule has 1 N–H and O–H groups in total. The molecular weight excluding hydrogens is 162 g/mol. The Hall–Kier alpha value is -1.31. The van der Waals surface area contributed by atoms with E-state index in [4.69, 9.17) is 0 Å². The van der Waals surface area contributed by atoms with Gasteiger partial charge in [-0.15, -0.1) is 0 Å². The van der Waals surface area contributed by atoms with E-state index in [-0.39, 0.29) is 13.3 Å². The molecule has 1 amide bonds. The lowest BCUT2D eigenvalue weighted by Gasteiger charge is -2.01. The van der Waals surface area contributed by atoms with Crippen LogP contribution >= 0.6 is 0 Å². The third kappa shape index (κ3) is 3.28. The Morgan fingerprint density at radius 2 is 1.85 bits per heavy atom. The first-order valence-corrected chi connectivity index (χ1v) is 4.09. The van der Waals surface area contributed by atoms with E-state index in [1.807, 2.05) is 38.1 Å². The zero-order chi connectivity index (χ0) is 8.97. The Labute approximate surface area is 80.0 Å². The molecule has 0 heterocycles. The Bertz CT molecular complexity index is 264. The molecule has 0 aromatic heterocycles. The number of benzene rings is 1. The molecule has 1 aromatic rings. The summed E-state index contributed by atoms with van der Waals surface area (Å²) >= 11 is 0. The number of hydrogen-bond acceptors (Lipinski definition) is 1. The van der Waals surface area contributed by atoms with E-state index in [0.29, 0.717) is 6.54 Å². The van der Waals surface area contributed by atoms with Crippen LogP contribution in [0.2, 0.25) is 0 Å². The lowest BCUT2D eigenvalue weighted by atomic mass is 10.1. The number of hydrogen-bond donors (Lipinski definition) is 1. The quantitative estimate of drug-likeness (QED) is 0.742. The molecule has 0 spiro atoms. The van der Waals surface area contributed by atoms with Crippen LogP contribution in [0.5, 0.6) is 0 Å². The fourth-order valence-corrected chi connectivity index (χ4v) is 0.968. The second-order valence-corrected chi connectivity index (χ2v) is 2.73. The zero-order valence-electron chi connectivity index (χ0n) is 7.42. The minimum absolute atomic E-state index is 0. The minimum Gasteiger partial charge on any atom is -0.352 e. The van der Waals surface area contributed by atoms with Gasteiger partial charge in [-0.3, -0.25) is 4.79 Å². The fourth-order valence-electron chi connectivity index (χ4n) is 0.968. The largest absolute Gasteiger partial charge is 0.352 e. The second-order valence-electron chi connectivity index (χ2n) is 2.73. The average Bonchev–Trinajstić information content (AvgIpc) is 2.06. The van der Waals surface area contributed by atoms with Gasteiger partial charge in [-0.05, 0) is 26.0 Å². The molecule has 2 heteroatoms. The van der Waals surface area contributed by atoms with Crippen molar-refractivity contribution in [3.8, 4) is 0 Å². The summed E-state index contributed by atoms with van der Waals surface area (Å²) in [6, 6.07) is 7.54. The summed E-state index contributed by atoms with van der Waals surface area (Å²) in [4.78, 5) is 11.2. The van der Waals surface area contributed by atoms with Crippen LogP contribution in [0.4, 0.5) is 0 Å². The van der Waals surface area contributed by atoms with Gasteiger partial charge in [-0.25, -0.2) is 0 Å². The van der Waals surface area contributed by atoms with E-state index in [2.05, 4.69) is 5.32 Å². The SMILES string of the molecule is C.CCNC(=O)c1ccc(C)cc1. The van der Waals surface area contributed by atoms with Crippen molar-refractivity contribution < 1.29 is 4.79 Å². The zero-order valence-corrected chi connectivity index (χ0v) is 7.42. The van der Waals surface area contributed by atoms with Crippen LogP contribution in [0.15, 0.2) is 24.3 Å². The maximum absolute atomic E-state index is 11.2. The van der Waals surface area contributed by atoms with Crippen LogP contribution in [0.1, 0.15) is 30.3 Å². The van der Waals surface area contributed by atoms with Gasteiger partial charge in [0.25, 0.3) is 5.91 Å². The van der Waals surface area contributed by atoms with Crippen molar-refractivity contribution in [2.75, 3.05) is 6.54 Å². The second kappa shape index (κ2) is 5.36. The Balaban J connectivity index is 0.00000144. The maximum Gasteiger partial charge on any atom is 0.251 e. The van der Waals surface area contributed by atoms with Gasteiger partial charge in [0.1, 0.15) is 0 Å². The van der Waals surface area contributed by atoms with Gasteiger partial charge in [0.15, 0.2) is 0 Å². The molecule has 0 bridgehead atoms. The molecule has 0 fully saturated rings. The van der Waals surface area contributed by atoms with Crippen molar-refractivity contribution in [2.24, 2.45) is 0 Å². The first-order valence-electron chi connectivity index (χ1n) is 4.09. The van der Waals surface area contributed by atoms with E-state index in [1.54, 1.807) is 0 Å². The van der Waals surface area contributed by atoms with E-state index in [0.717, 1.165) is 5.56 Å². The summed E-state index contributed by atoms with van der Waals surface area (Å²) in [7, 11) is 0. The van der Waals surface area contributed by atoms with E-state index in [9.17, 15) is 4.79 Å². The summed E-state index contributed by atoms with van der Waals surface area (Å²) in [6.45, 7) is 4.58. The lowest BCUT2D eigenvalue weighted by molar-refractivity contribution is 0.0956. The van der Waals surface area contributed by atoms with E-state index in [1.165, 1.54) is 5.56 Å². The summed E-state index contributed by atoms with van der Waals surface area (Å²) < 4.78 is 0. The van der Waals surface area contributed by atoms with Gasteiger partial charge in [0.2, 0.25) is 0 Å². The number of carbonyl (C=O) groups excluding carboxylic acids is 1. The molecule has 13 heavy (non-hydrogen) atoms. The minimum atomic E-state index is -0.00231. The van der Waals surface area contributed by atoms with E-state index < -0.39 is 0 Å². The van der Waals surface area contributed by atoms with Gasteiger partial charge < -0.3 is 5.32 Å². The third-order valence-corrected chi connectivity index (χ3v) is 1.65. The predicted octanol–water partition coefficient (Wildman–Crippen LogP) is 2.38. The first kappa shape index (κ1) is 11.7. The summed E-state index contributed by atoms with van der Waals surface area (Å²) in [6.07, 6.45) is 0. The smallest absolute Gasteiger partial charge is 0.251 e. The van der Waals surface area contributed by atoms with Crippen LogP contribution in [-0.4, -0.2) is 12.5 Å². The van der Waals surface area contributed by atoms with Crippen LogP contribution in [0.25, 0.3) is 0 Å². The van der Waals surface area contributed by atoms with Crippen molar-refractivity contribution in [1.29, 1.82) is 0 Å². The monoisotopic (exact) mass is 179 g/mol. The molecular formula is C11H17NO.